The molecule has 0 aliphatic heterocycles. The first-order chi connectivity index (χ1) is 6.63. The van der Waals surface area contributed by atoms with E-state index in [9.17, 15) is 4.79 Å². The SMILES string of the molecule is C=CC(C)NC(=O)c1ccc(N)cc1. The van der Waals surface area contributed by atoms with Crippen LogP contribution in [0.4, 0.5) is 5.69 Å². The fourth-order valence-corrected chi connectivity index (χ4v) is 0.984. The minimum atomic E-state index is -0.114. The first-order valence-corrected chi connectivity index (χ1v) is 4.42. The Morgan fingerprint density at radius 3 is 2.57 bits per heavy atom. The van der Waals surface area contributed by atoms with Crippen LogP contribution in [0.2, 0.25) is 0 Å². The molecule has 1 unspecified atom stereocenters. The van der Waals surface area contributed by atoms with E-state index < -0.39 is 0 Å². The number of rotatable bonds is 3. The van der Waals surface area contributed by atoms with Crippen LogP contribution in [0, 0.1) is 0 Å². The van der Waals surface area contributed by atoms with Crippen molar-refractivity contribution in [3.63, 3.8) is 0 Å². The minimum Gasteiger partial charge on any atom is -0.399 e. The highest BCUT2D eigenvalue weighted by atomic mass is 16.1. The van der Waals surface area contributed by atoms with Crippen LogP contribution < -0.4 is 11.1 Å². The molecule has 0 aliphatic carbocycles. The van der Waals surface area contributed by atoms with Gasteiger partial charge in [-0.25, -0.2) is 0 Å². The Balaban J connectivity index is 2.70. The summed E-state index contributed by atoms with van der Waals surface area (Å²) in [7, 11) is 0. The lowest BCUT2D eigenvalue weighted by Gasteiger charge is -2.08. The molecule has 3 heteroatoms. The van der Waals surface area contributed by atoms with Crippen molar-refractivity contribution in [3.8, 4) is 0 Å². The molecular weight excluding hydrogens is 176 g/mol. The van der Waals surface area contributed by atoms with Gasteiger partial charge in [0.15, 0.2) is 0 Å². The van der Waals surface area contributed by atoms with Crippen molar-refractivity contribution in [2.45, 2.75) is 13.0 Å². The topological polar surface area (TPSA) is 55.1 Å². The molecule has 3 N–H and O–H groups in total. The Morgan fingerprint density at radius 1 is 1.50 bits per heavy atom. The Bertz CT molecular complexity index is 330. The summed E-state index contributed by atoms with van der Waals surface area (Å²) in [6, 6.07) is 6.77. The molecule has 0 heterocycles. The van der Waals surface area contributed by atoms with E-state index in [4.69, 9.17) is 5.73 Å². The third-order valence-electron chi connectivity index (χ3n) is 1.89. The third kappa shape index (κ3) is 2.62. The van der Waals surface area contributed by atoms with Crippen LogP contribution in [0.25, 0.3) is 0 Å². The van der Waals surface area contributed by atoms with Crippen molar-refractivity contribution in [1.29, 1.82) is 0 Å². The predicted octanol–water partition coefficient (Wildman–Crippen LogP) is 1.57. The van der Waals surface area contributed by atoms with Gasteiger partial charge in [0, 0.05) is 17.3 Å². The number of nitrogens with two attached hydrogens (primary N) is 1. The molecule has 1 aromatic rings. The van der Waals surface area contributed by atoms with E-state index in [1.165, 1.54) is 0 Å². The second kappa shape index (κ2) is 4.46. The van der Waals surface area contributed by atoms with Gasteiger partial charge in [0.1, 0.15) is 0 Å². The monoisotopic (exact) mass is 190 g/mol. The maximum absolute atomic E-state index is 11.5. The third-order valence-corrected chi connectivity index (χ3v) is 1.89. The van der Waals surface area contributed by atoms with Crippen LogP contribution in [0.1, 0.15) is 17.3 Å². The molecule has 0 saturated heterocycles. The van der Waals surface area contributed by atoms with Gasteiger partial charge in [-0.05, 0) is 31.2 Å². The number of nitrogen functional groups attached to an aromatic ring is 1. The Labute approximate surface area is 83.6 Å². The molecule has 74 valence electrons. The molecule has 0 saturated carbocycles. The lowest BCUT2D eigenvalue weighted by molar-refractivity contribution is 0.0947. The smallest absolute Gasteiger partial charge is 0.251 e. The minimum absolute atomic E-state index is 0.0277. The van der Waals surface area contributed by atoms with E-state index in [-0.39, 0.29) is 11.9 Å². The number of nitrogens with one attached hydrogen (secondary N) is 1. The highest BCUT2D eigenvalue weighted by molar-refractivity contribution is 5.94. The zero-order chi connectivity index (χ0) is 10.6. The molecule has 14 heavy (non-hydrogen) atoms. The van der Waals surface area contributed by atoms with Gasteiger partial charge in [-0.1, -0.05) is 6.08 Å². The molecule has 0 fully saturated rings. The summed E-state index contributed by atoms with van der Waals surface area (Å²) in [5, 5.41) is 2.77. The zero-order valence-corrected chi connectivity index (χ0v) is 8.16. The first-order valence-electron chi connectivity index (χ1n) is 4.42. The number of anilines is 1. The van der Waals surface area contributed by atoms with E-state index in [1.807, 2.05) is 6.92 Å². The van der Waals surface area contributed by atoms with Crippen molar-refractivity contribution >= 4 is 11.6 Å². The lowest BCUT2D eigenvalue weighted by Crippen LogP contribution is -2.30. The van der Waals surface area contributed by atoms with Crippen LogP contribution in [-0.2, 0) is 0 Å². The molecule has 0 bridgehead atoms. The molecule has 1 rings (SSSR count). The van der Waals surface area contributed by atoms with Crippen LogP contribution in [-0.4, -0.2) is 11.9 Å². The highest BCUT2D eigenvalue weighted by Crippen LogP contribution is 2.05. The Kier molecular flexibility index (Phi) is 3.29. The van der Waals surface area contributed by atoms with Gasteiger partial charge in [0.25, 0.3) is 5.91 Å². The van der Waals surface area contributed by atoms with Crippen molar-refractivity contribution in [3.05, 3.63) is 42.5 Å². The molecule has 1 amide bonds. The molecule has 1 atom stereocenters. The second-order valence-corrected chi connectivity index (χ2v) is 3.12. The number of carbonyl (C=O) groups is 1. The van der Waals surface area contributed by atoms with E-state index in [0.29, 0.717) is 11.3 Å². The Hall–Kier alpha value is -1.77. The summed E-state index contributed by atoms with van der Waals surface area (Å²) in [5.41, 5.74) is 6.76. The predicted molar refractivity (Wildman–Crippen MR) is 58.0 cm³/mol. The fourth-order valence-electron chi connectivity index (χ4n) is 0.984. The van der Waals surface area contributed by atoms with Crippen LogP contribution in [0.15, 0.2) is 36.9 Å². The molecular formula is C11H14N2O. The van der Waals surface area contributed by atoms with Gasteiger partial charge in [-0.15, -0.1) is 6.58 Å². The van der Waals surface area contributed by atoms with Gasteiger partial charge >= 0.3 is 0 Å². The lowest BCUT2D eigenvalue weighted by atomic mass is 10.2. The van der Waals surface area contributed by atoms with Crippen molar-refractivity contribution in [1.82, 2.24) is 5.32 Å². The van der Waals surface area contributed by atoms with Crippen LogP contribution in [0.3, 0.4) is 0 Å². The average Bonchev–Trinajstić information content (AvgIpc) is 2.18. The maximum Gasteiger partial charge on any atom is 0.251 e. The quantitative estimate of drug-likeness (QED) is 0.561. The largest absolute Gasteiger partial charge is 0.399 e. The zero-order valence-electron chi connectivity index (χ0n) is 8.16. The van der Waals surface area contributed by atoms with Crippen molar-refractivity contribution < 1.29 is 4.79 Å². The molecule has 1 aromatic carbocycles. The summed E-state index contributed by atoms with van der Waals surface area (Å²) in [4.78, 5) is 11.5. The Morgan fingerprint density at radius 2 is 2.07 bits per heavy atom. The molecule has 0 radical (unpaired) electrons. The highest BCUT2D eigenvalue weighted by Gasteiger charge is 2.06. The van der Waals surface area contributed by atoms with Gasteiger partial charge in [-0.2, -0.15) is 0 Å². The molecule has 0 aliphatic rings. The normalized spacial score (nSPS) is 11.8. The number of carbonyl (C=O) groups excluding carboxylic acids is 1. The first kappa shape index (κ1) is 10.3. The number of benzene rings is 1. The van der Waals surface area contributed by atoms with Gasteiger partial charge in [0.05, 0.1) is 0 Å². The summed E-state index contributed by atoms with van der Waals surface area (Å²) in [6.45, 7) is 5.45. The average molecular weight is 190 g/mol. The van der Waals surface area contributed by atoms with Crippen LogP contribution >= 0.6 is 0 Å². The van der Waals surface area contributed by atoms with Gasteiger partial charge in [0.2, 0.25) is 0 Å². The standard InChI is InChI=1S/C11H14N2O/c1-3-8(2)13-11(14)9-4-6-10(12)7-5-9/h3-8H,1,12H2,2H3,(H,13,14). The summed E-state index contributed by atoms with van der Waals surface area (Å²) < 4.78 is 0. The van der Waals surface area contributed by atoms with E-state index >= 15 is 0 Å². The second-order valence-electron chi connectivity index (χ2n) is 3.12. The molecule has 0 spiro atoms. The summed E-state index contributed by atoms with van der Waals surface area (Å²) in [6.07, 6.45) is 1.68. The van der Waals surface area contributed by atoms with E-state index in [1.54, 1.807) is 30.3 Å². The van der Waals surface area contributed by atoms with Crippen molar-refractivity contribution in [2.24, 2.45) is 0 Å². The summed E-state index contributed by atoms with van der Waals surface area (Å²) >= 11 is 0. The van der Waals surface area contributed by atoms with Gasteiger partial charge < -0.3 is 11.1 Å². The fraction of sp³-hybridized carbons (Fsp3) is 0.182. The summed E-state index contributed by atoms with van der Waals surface area (Å²) in [5.74, 6) is -0.114. The van der Waals surface area contributed by atoms with Gasteiger partial charge in [-0.3, -0.25) is 4.79 Å². The van der Waals surface area contributed by atoms with Crippen molar-refractivity contribution in [2.75, 3.05) is 5.73 Å². The van der Waals surface area contributed by atoms with E-state index in [2.05, 4.69) is 11.9 Å². The number of amides is 1. The maximum atomic E-state index is 11.5. The molecule has 0 aromatic heterocycles. The molecule has 3 nitrogen and oxygen atoms in total. The number of hydrogen-bond acceptors (Lipinski definition) is 2. The van der Waals surface area contributed by atoms with Crippen LogP contribution in [0.5, 0.6) is 0 Å². The van der Waals surface area contributed by atoms with E-state index in [0.717, 1.165) is 0 Å². The number of hydrogen-bond donors (Lipinski definition) is 2.